The van der Waals surface area contributed by atoms with Crippen LogP contribution >= 0.6 is 23.1 Å². The van der Waals surface area contributed by atoms with E-state index in [0.29, 0.717) is 22.8 Å². The van der Waals surface area contributed by atoms with Crippen molar-refractivity contribution < 1.29 is 14.1 Å². The van der Waals surface area contributed by atoms with Crippen LogP contribution in [0, 0.1) is 0 Å². The maximum atomic E-state index is 12.6. The molecule has 0 amide bonds. The Morgan fingerprint density at radius 2 is 1.89 bits per heavy atom. The highest BCUT2D eigenvalue weighted by atomic mass is 32.2. The number of rotatable bonds is 7. The van der Waals surface area contributed by atoms with Crippen molar-refractivity contribution in [3.05, 3.63) is 88.5 Å². The fourth-order valence-electron chi connectivity index (χ4n) is 2.56. The average molecular weight is 409 g/mol. The van der Waals surface area contributed by atoms with E-state index in [1.54, 1.807) is 40.7 Å². The molecule has 0 aliphatic heterocycles. The molecule has 0 unspecified atom stereocenters. The molecular weight excluding hydrogens is 392 g/mol. The summed E-state index contributed by atoms with van der Waals surface area (Å²) in [7, 11) is 0. The molecular formula is C21H16N2O3S2. The van der Waals surface area contributed by atoms with E-state index in [9.17, 15) is 4.79 Å². The fraction of sp³-hybridized carbons (Fsp3) is 0.0952. The van der Waals surface area contributed by atoms with Gasteiger partial charge in [-0.1, -0.05) is 47.6 Å². The normalized spacial score (nSPS) is 10.7. The van der Waals surface area contributed by atoms with Crippen molar-refractivity contribution in [3.63, 3.8) is 0 Å². The number of aromatic nitrogens is 2. The van der Waals surface area contributed by atoms with Crippen LogP contribution in [0.3, 0.4) is 0 Å². The number of thioether (sulfide) groups is 1. The summed E-state index contributed by atoms with van der Waals surface area (Å²) >= 11 is 3.12. The van der Waals surface area contributed by atoms with Crippen LogP contribution in [0.5, 0.6) is 0 Å². The van der Waals surface area contributed by atoms with Crippen LogP contribution in [0.1, 0.15) is 21.7 Å². The van der Waals surface area contributed by atoms with E-state index in [1.165, 1.54) is 0 Å². The van der Waals surface area contributed by atoms with Gasteiger partial charge < -0.3 is 9.26 Å². The Morgan fingerprint density at radius 3 is 2.71 bits per heavy atom. The molecule has 0 saturated carbocycles. The highest BCUT2D eigenvalue weighted by molar-refractivity contribution is 7.98. The summed E-state index contributed by atoms with van der Waals surface area (Å²) in [4.78, 5) is 17.7. The van der Waals surface area contributed by atoms with Crippen molar-refractivity contribution in [1.82, 2.24) is 10.1 Å². The summed E-state index contributed by atoms with van der Waals surface area (Å²) in [6, 6.07) is 18.9. The van der Waals surface area contributed by atoms with Gasteiger partial charge in [-0.3, -0.25) is 0 Å². The van der Waals surface area contributed by atoms with Crippen LogP contribution in [-0.4, -0.2) is 16.1 Å². The van der Waals surface area contributed by atoms with Gasteiger partial charge in [0.25, 0.3) is 0 Å². The molecule has 0 atom stereocenters. The van der Waals surface area contributed by atoms with Gasteiger partial charge in [0.05, 0.1) is 16.8 Å². The zero-order valence-corrected chi connectivity index (χ0v) is 16.4. The summed E-state index contributed by atoms with van der Waals surface area (Å²) in [6.07, 6.45) is 0. The minimum absolute atomic E-state index is 0.0558. The molecule has 4 aromatic rings. The third kappa shape index (κ3) is 4.49. The Bertz CT molecular complexity index is 1050. The van der Waals surface area contributed by atoms with Crippen molar-refractivity contribution in [3.8, 4) is 11.3 Å². The molecule has 0 saturated heterocycles. The third-order valence-electron chi connectivity index (χ3n) is 3.93. The van der Waals surface area contributed by atoms with Crippen molar-refractivity contribution in [1.29, 1.82) is 0 Å². The van der Waals surface area contributed by atoms with E-state index in [1.807, 2.05) is 53.9 Å². The lowest BCUT2D eigenvalue weighted by atomic mass is 10.2. The van der Waals surface area contributed by atoms with Gasteiger partial charge in [-0.15, -0.1) is 23.1 Å². The molecule has 2 aromatic heterocycles. The average Bonchev–Trinajstić information content (AvgIpc) is 3.43. The Hall–Kier alpha value is -2.90. The minimum atomic E-state index is -0.384. The SMILES string of the molecule is O=C(OCc1cc(-c2ccccc2)on1)c1ccccc1SCc1cscn1. The highest BCUT2D eigenvalue weighted by Gasteiger charge is 2.15. The van der Waals surface area contributed by atoms with Gasteiger partial charge in [0.15, 0.2) is 5.76 Å². The van der Waals surface area contributed by atoms with Crippen LogP contribution in [0.15, 0.2) is 81.0 Å². The molecule has 0 aliphatic rings. The van der Waals surface area contributed by atoms with Crippen LogP contribution in [0.25, 0.3) is 11.3 Å². The van der Waals surface area contributed by atoms with E-state index in [2.05, 4.69) is 10.1 Å². The lowest BCUT2D eigenvalue weighted by molar-refractivity contribution is 0.0460. The van der Waals surface area contributed by atoms with Gasteiger partial charge in [-0.05, 0) is 12.1 Å². The summed E-state index contributed by atoms with van der Waals surface area (Å²) in [5, 5.41) is 5.99. The van der Waals surface area contributed by atoms with Gasteiger partial charge in [0.1, 0.15) is 12.3 Å². The number of esters is 1. The second-order valence-electron chi connectivity index (χ2n) is 5.89. The Morgan fingerprint density at radius 1 is 1.07 bits per heavy atom. The molecule has 0 spiro atoms. The lowest BCUT2D eigenvalue weighted by Gasteiger charge is -2.08. The first-order chi connectivity index (χ1) is 13.8. The molecule has 0 radical (unpaired) electrons. The molecule has 5 nitrogen and oxygen atoms in total. The number of nitrogens with zero attached hydrogens (tertiary/aromatic N) is 2. The Labute approximate surface area is 170 Å². The number of benzene rings is 2. The predicted octanol–water partition coefficient (Wildman–Crippen LogP) is 5.45. The van der Waals surface area contributed by atoms with Crippen LogP contribution < -0.4 is 0 Å². The van der Waals surface area contributed by atoms with Crippen LogP contribution in [0.2, 0.25) is 0 Å². The van der Waals surface area contributed by atoms with Crippen molar-refractivity contribution >= 4 is 29.1 Å². The van der Waals surface area contributed by atoms with Gasteiger partial charge in [-0.2, -0.15) is 0 Å². The number of hydrogen-bond donors (Lipinski definition) is 0. The monoisotopic (exact) mass is 408 g/mol. The largest absolute Gasteiger partial charge is 0.455 e. The summed E-state index contributed by atoms with van der Waals surface area (Å²) < 4.78 is 10.8. The number of carbonyl (C=O) groups excluding carboxylic acids is 1. The highest BCUT2D eigenvalue weighted by Crippen LogP contribution is 2.27. The molecule has 140 valence electrons. The van der Waals surface area contributed by atoms with Gasteiger partial charge in [-0.25, -0.2) is 9.78 Å². The summed E-state index contributed by atoms with van der Waals surface area (Å²) in [5.41, 5.74) is 4.83. The second-order valence-corrected chi connectivity index (χ2v) is 7.63. The minimum Gasteiger partial charge on any atom is -0.455 e. The molecule has 2 heterocycles. The first-order valence-corrected chi connectivity index (χ1v) is 10.5. The van der Waals surface area contributed by atoms with E-state index in [-0.39, 0.29) is 12.6 Å². The van der Waals surface area contributed by atoms with E-state index < -0.39 is 0 Å². The predicted molar refractivity (Wildman–Crippen MR) is 109 cm³/mol. The molecule has 28 heavy (non-hydrogen) atoms. The first kappa shape index (κ1) is 18.5. The van der Waals surface area contributed by atoms with Gasteiger partial charge in [0, 0.05) is 27.7 Å². The second kappa shape index (κ2) is 8.86. The maximum absolute atomic E-state index is 12.6. The molecule has 4 rings (SSSR count). The van der Waals surface area contributed by atoms with Crippen LogP contribution in [-0.2, 0) is 17.1 Å². The zero-order valence-electron chi connectivity index (χ0n) is 14.8. The first-order valence-electron chi connectivity index (χ1n) is 8.56. The Kier molecular flexibility index (Phi) is 5.84. The third-order valence-corrected chi connectivity index (χ3v) is 5.68. The zero-order chi connectivity index (χ0) is 19.2. The van der Waals surface area contributed by atoms with E-state index >= 15 is 0 Å². The van der Waals surface area contributed by atoms with Gasteiger partial charge in [0.2, 0.25) is 0 Å². The standard InChI is InChI=1S/C21H16N2O3S2/c24-21(18-8-4-5-9-20(18)28-13-17-12-27-14-22-17)25-11-16-10-19(26-23-16)15-6-2-1-3-7-15/h1-10,12,14H,11,13H2. The molecule has 0 N–H and O–H groups in total. The molecule has 7 heteroatoms. The number of carbonyl (C=O) groups is 1. The molecule has 2 aromatic carbocycles. The number of thiazole rings is 1. The maximum Gasteiger partial charge on any atom is 0.339 e. The van der Waals surface area contributed by atoms with Crippen LogP contribution in [0.4, 0.5) is 0 Å². The lowest BCUT2D eigenvalue weighted by Crippen LogP contribution is -2.06. The quantitative estimate of drug-likeness (QED) is 0.299. The summed E-state index contributed by atoms with van der Waals surface area (Å²) in [6.45, 7) is 0.0558. The topological polar surface area (TPSA) is 65.2 Å². The number of hydrogen-bond acceptors (Lipinski definition) is 7. The van der Waals surface area contributed by atoms with Gasteiger partial charge >= 0.3 is 5.97 Å². The number of ether oxygens (including phenoxy) is 1. The van der Waals surface area contributed by atoms with E-state index in [4.69, 9.17) is 9.26 Å². The van der Waals surface area contributed by atoms with Crippen molar-refractivity contribution in [2.24, 2.45) is 0 Å². The van der Waals surface area contributed by atoms with E-state index in [0.717, 1.165) is 16.2 Å². The van der Waals surface area contributed by atoms with Crippen molar-refractivity contribution in [2.75, 3.05) is 0 Å². The molecule has 0 fully saturated rings. The summed E-state index contributed by atoms with van der Waals surface area (Å²) in [5.74, 6) is 0.967. The van der Waals surface area contributed by atoms with Crippen molar-refractivity contribution in [2.45, 2.75) is 17.3 Å². The molecule has 0 bridgehead atoms. The smallest absolute Gasteiger partial charge is 0.339 e. The fourth-order valence-corrected chi connectivity index (χ4v) is 4.16. The Balaban J connectivity index is 1.40. The molecule has 0 aliphatic carbocycles.